The van der Waals surface area contributed by atoms with Crippen LogP contribution in [0.25, 0.3) is 0 Å². The molecule has 0 saturated carbocycles. The molecule has 0 aromatic heterocycles. The van der Waals surface area contributed by atoms with Crippen molar-refractivity contribution in [1.82, 2.24) is 0 Å². The molecule has 2 aromatic rings. The molecule has 94 valence electrons. The largest absolute Gasteiger partial charge is 0.457 e. The molecule has 4 heteroatoms. The first-order chi connectivity index (χ1) is 8.58. The summed E-state index contributed by atoms with van der Waals surface area (Å²) >= 11 is 11.8. The van der Waals surface area contributed by atoms with Crippen LogP contribution in [0.3, 0.4) is 0 Å². The van der Waals surface area contributed by atoms with Crippen molar-refractivity contribution in [3.63, 3.8) is 0 Å². The lowest BCUT2D eigenvalue weighted by Gasteiger charge is -2.13. The quantitative estimate of drug-likeness (QED) is 0.877. The number of benzene rings is 2. The molecule has 0 amide bonds. The van der Waals surface area contributed by atoms with Gasteiger partial charge < -0.3 is 10.5 Å². The summed E-state index contributed by atoms with van der Waals surface area (Å²) in [6.45, 7) is 1.91. The van der Waals surface area contributed by atoms with Gasteiger partial charge >= 0.3 is 0 Å². The van der Waals surface area contributed by atoms with E-state index in [1.54, 1.807) is 18.2 Å². The first-order valence-electron chi connectivity index (χ1n) is 5.55. The fraction of sp³-hybridized carbons (Fsp3) is 0.143. The molecular weight excluding hydrogens is 269 g/mol. The third kappa shape index (κ3) is 2.96. The maximum Gasteiger partial charge on any atom is 0.132 e. The molecule has 0 aliphatic carbocycles. The molecule has 18 heavy (non-hydrogen) atoms. The van der Waals surface area contributed by atoms with Gasteiger partial charge in [-0.15, -0.1) is 0 Å². The number of hydrogen-bond acceptors (Lipinski definition) is 2. The third-order valence-electron chi connectivity index (χ3n) is 2.53. The molecule has 2 N–H and O–H groups in total. The normalized spacial score (nSPS) is 12.2. The predicted octanol–water partition coefficient (Wildman–Crippen LogP) is 4.81. The Hall–Kier alpha value is -1.22. The van der Waals surface area contributed by atoms with Gasteiger partial charge in [-0.25, -0.2) is 0 Å². The SMILES string of the molecule is C[C@@H](N)c1ccccc1Oc1ccc(Cl)c(Cl)c1. The molecule has 0 heterocycles. The van der Waals surface area contributed by atoms with Gasteiger partial charge in [0.1, 0.15) is 11.5 Å². The van der Waals surface area contributed by atoms with Crippen molar-refractivity contribution in [2.75, 3.05) is 0 Å². The Bertz CT molecular complexity index is 555. The molecule has 2 nitrogen and oxygen atoms in total. The summed E-state index contributed by atoms with van der Waals surface area (Å²) in [7, 11) is 0. The highest BCUT2D eigenvalue weighted by molar-refractivity contribution is 6.42. The molecule has 0 fully saturated rings. The Morgan fingerprint density at radius 1 is 1.06 bits per heavy atom. The second-order valence-electron chi connectivity index (χ2n) is 4.00. The summed E-state index contributed by atoms with van der Waals surface area (Å²) in [6, 6.07) is 12.7. The van der Waals surface area contributed by atoms with E-state index in [2.05, 4.69) is 0 Å². The zero-order valence-corrected chi connectivity index (χ0v) is 11.4. The maximum absolute atomic E-state index is 5.95. The van der Waals surface area contributed by atoms with Crippen molar-refractivity contribution in [2.24, 2.45) is 5.73 Å². The number of hydrogen-bond donors (Lipinski definition) is 1. The summed E-state index contributed by atoms with van der Waals surface area (Å²) in [5.74, 6) is 1.36. The fourth-order valence-electron chi connectivity index (χ4n) is 1.62. The minimum absolute atomic E-state index is 0.0935. The van der Waals surface area contributed by atoms with Crippen LogP contribution in [0.15, 0.2) is 42.5 Å². The number of rotatable bonds is 3. The topological polar surface area (TPSA) is 35.2 Å². The summed E-state index contributed by atoms with van der Waals surface area (Å²) < 4.78 is 5.78. The molecular formula is C14H13Cl2NO. The summed E-state index contributed by atoms with van der Waals surface area (Å²) in [5, 5.41) is 0.969. The number of para-hydroxylation sites is 1. The Labute approximate surface area is 116 Å². The Morgan fingerprint density at radius 2 is 1.78 bits per heavy atom. The minimum atomic E-state index is -0.0935. The zero-order chi connectivity index (χ0) is 13.1. The molecule has 0 spiro atoms. The zero-order valence-electron chi connectivity index (χ0n) is 9.86. The number of nitrogens with two attached hydrogens (primary N) is 1. The van der Waals surface area contributed by atoms with Gasteiger partial charge in [-0.2, -0.15) is 0 Å². The highest BCUT2D eigenvalue weighted by Gasteiger charge is 2.08. The highest BCUT2D eigenvalue weighted by Crippen LogP contribution is 2.32. The van der Waals surface area contributed by atoms with E-state index in [1.165, 1.54) is 0 Å². The van der Waals surface area contributed by atoms with Crippen LogP contribution in [0, 0.1) is 0 Å². The second-order valence-corrected chi connectivity index (χ2v) is 4.82. The average molecular weight is 282 g/mol. The lowest BCUT2D eigenvalue weighted by molar-refractivity contribution is 0.472. The number of halogens is 2. The van der Waals surface area contributed by atoms with E-state index < -0.39 is 0 Å². The predicted molar refractivity (Wildman–Crippen MR) is 75.6 cm³/mol. The molecule has 0 aliphatic rings. The highest BCUT2D eigenvalue weighted by atomic mass is 35.5. The second kappa shape index (κ2) is 5.61. The van der Waals surface area contributed by atoms with Crippen molar-refractivity contribution < 1.29 is 4.74 Å². The van der Waals surface area contributed by atoms with Gasteiger partial charge in [-0.3, -0.25) is 0 Å². The molecule has 0 aliphatic heterocycles. The monoisotopic (exact) mass is 281 g/mol. The molecule has 0 bridgehead atoms. The van der Waals surface area contributed by atoms with E-state index >= 15 is 0 Å². The van der Waals surface area contributed by atoms with Crippen LogP contribution < -0.4 is 10.5 Å². The van der Waals surface area contributed by atoms with Gasteiger partial charge in [0.25, 0.3) is 0 Å². The van der Waals surface area contributed by atoms with Crippen LogP contribution in [0.5, 0.6) is 11.5 Å². The third-order valence-corrected chi connectivity index (χ3v) is 3.27. The first-order valence-corrected chi connectivity index (χ1v) is 6.31. The number of ether oxygens (including phenoxy) is 1. The lowest BCUT2D eigenvalue weighted by atomic mass is 10.1. The standard InChI is InChI=1S/C14H13Cl2NO/c1-9(17)11-4-2-3-5-14(11)18-10-6-7-12(15)13(16)8-10/h2-9H,17H2,1H3/t9-/m1/s1. The summed E-state index contributed by atoms with van der Waals surface area (Å²) in [5.41, 5.74) is 6.84. The first kappa shape index (κ1) is 13.2. The van der Waals surface area contributed by atoms with Crippen LogP contribution in [0.2, 0.25) is 10.0 Å². The Kier molecular flexibility index (Phi) is 4.12. The van der Waals surface area contributed by atoms with Gasteiger partial charge in [0.2, 0.25) is 0 Å². The van der Waals surface area contributed by atoms with Crippen molar-refractivity contribution in [3.8, 4) is 11.5 Å². The molecule has 1 atom stereocenters. The smallest absolute Gasteiger partial charge is 0.132 e. The van der Waals surface area contributed by atoms with Gasteiger partial charge in [0.05, 0.1) is 10.0 Å². The van der Waals surface area contributed by atoms with E-state index in [0.717, 1.165) is 11.3 Å². The summed E-state index contributed by atoms with van der Waals surface area (Å²) in [6.07, 6.45) is 0. The fourth-order valence-corrected chi connectivity index (χ4v) is 1.91. The molecule has 0 unspecified atom stereocenters. The van der Waals surface area contributed by atoms with Crippen LogP contribution in [0.1, 0.15) is 18.5 Å². The average Bonchev–Trinajstić information content (AvgIpc) is 2.34. The molecule has 2 aromatic carbocycles. The van der Waals surface area contributed by atoms with E-state index in [1.807, 2.05) is 31.2 Å². The van der Waals surface area contributed by atoms with Gasteiger partial charge in [-0.05, 0) is 25.1 Å². The molecule has 0 saturated heterocycles. The Balaban J connectivity index is 2.31. The van der Waals surface area contributed by atoms with E-state index in [0.29, 0.717) is 15.8 Å². The summed E-state index contributed by atoms with van der Waals surface area (Å²) in [4.78, 5) is 0. The van der Waals surface area contributed by atoms with Gasteiger partial charge in [0.15, 0.2) is 0 Å². The molecule has 0 radical (unpaired) electrons. The van der Waals surface area contributed by atoms with E-state index in [4.69, 9.17) is 33.7 Å². The molecule has 2 rings (SSSR count). The van der Waals surface area contributed by atoms with Gasteiger partial charge in [-0.1, -0.05) is 41.4 Å². The van der Waals surface area contributed by atoms with E-state index in [9.17, 15) is 0 Å². The van der Waals surface area contributed by atoms with Crippen molar-refractivity contribution in [2.45, 2.75) is 13.0 Å². The van der Waals surface area contributed by atoms with Crippen molar-refractivity contribution in [3.05, 3.63) is 58.1 Å². The maximum atomic E-state index is 5.95. The van der Waals surface area contributed by atoms with Crippen molar-refractivity contribution >= 4 is 23.2 Å². The van der Waals surface area contributed by atoms with Crippen LogP contribution in [-0.4, -0.2) is 0 Å². The van der Waals surface area contributed by atoms with E-state index in [-0.39, 0.29) is 6.04 Å². The lowest BCUT2D eigenvalue weighted by Crippen LogP contribution is -2.06. The van der Waals surface area contributed by atoms with Crippen molar-refractivity contribution in [1.29, 1.82) is 0 Å². The van der Waals surface area contributed by atoms with Crippen LogP contribution >= 0.6 is 23.2 Å². The minimum Gasteiger partial charge on any atom is -0.457 e. The Morgan fingerprint density at radius 3 is 2.44 bits per heavy atom. The van der Waals surface area contributed by atoms with Gasteiger partial charge in [0, 0.05) is 17.7 Å². The van der Waals surface area contributed by atoms with Crippen LogP contribution in [-0.2, 0) is 0 Å². The van der Waals surface area contributed by atoms with Crippen LogP contribution in [0.4, 0.5) is 0 Å².